The number of hydrazone groups is 1. The van der Waals surface area contributed by atoms with Crippen LogP contribution in [0.15, 0.2) is 77.9 Å². The summed E-state index contributed by atoms with van der Waals surface area (Å²) in [4.78, 5) is 0. The van der Waals surface area contributed by atoms with Crippen molar-refractivity contribution in [3.63, 3.8) is 0 Å². The zero-order valence-electron chi connectivity index (χ0n) is 14.6. The van der Waals surface area contributed by atoms with Crippen molar-refractivity contribution in [1.29, 1.82) is 0 Å². The van der Waals surface area contributed by atoms with Gasteiger partial charge in [0.25, 0.3) is 0 Å². The molecule has 1 aromatic heterocycles. The number of nitrogens with zero attached hydrogens (tertiary/aromatic N) is 3. The first kappa shape index (κ1) is 18.2. The molecule has 0 saturated carbocycles. The fraction of sp³-hybridized carbons (Fsp3) is 0. The van der Waals surface area contributed by atoms with Crippen molar-refractivity contribution >= 4 is 57.5 Å². The van der Waals surface area contributed by atoms with Crippen molar-refractivity contribution in [2.75, 3.05) is 10.7 Å². The second-order valence-corrected chi connectivity index (χ2v) is 6.81. The highest BCUT2D eigenvalue weighted by Crippen LogP contribution is 2.28. The number of benzene rings is 3. The van der Waals surface area contributed by atoms with Gasteiger partial charge < -0.3 is 5.32 Å². The largest absolute Gasteiger partial charge is 0.338 e. The van der Waals surface area contributed by atoms with E-state index in [4.69, 9.17) is 23.2 Å². The molecule has 4 rings (SSSR count). The molecule has 0 fully saturated rings. The molecule has 5 nitrogen and oxygen atoms in total. The van der Waals surface area contributed by atoms with Crippen molar-refractivity contribution in [2.24, 2.45) is 5.10 Å². The van der Waals surface area contributed by atoms with Gasteiger partial charge in [0.15, 0.2) is 11.6 Å². The first-order valence-electron chi connectivity index (χ1n) is 8.52. The normalized spacial score (nSPS) is 11.1. The van der Waals surface area contributed by atoms with Crippen LogP contribution in [0.5, 0.6) is 0 Å². The molecule has 0 atom stereocenters. The van der Waals surface area contributed by atoms with Gasteiger partial charge in [-0.2, -0.15) is 5.10 Å². The van der Waals surface area contributed by atoms with Gasteiger partial charge in [-0.1, -0.05) is 65.7 Å². The number of hydrogen-bond acceptors (Lipinski definition) is 5. The fourth-order valence-electron chi connectivity index (χ4n) is 2.69. The Balaban J connectivity index is 1.62. The van der Waals surface area contributed by atoms with E-state index in [1.807, 2.05) is 72.8 Å². The molecule has 138 valence electrons. The van der Waals surface area contributed by atoms with Crippen LogP contribution in [-0.2, 0) is 0 Å². The molecule has 0 bridgehead atoms. The SMILES string of the molecule is Clc1ccc(Nc2nnc(N/N=C/c3ccccc3Cl)c3ccccc23)cc1. The Morgan fingerprint density at radius 1 is 0.750 bits per heavy atom. The summed E-state index contributed by atoms with van der Waals surface area (Å²) >= 11 is 12.1. The Labute approximate surface area is 172 Å². The predicted molar refractivity (Wildman–Crippen MR) is 117 cm³/mol. The first-order valence-corrected chi connectivity index (χ1v) is 9.28. The lowest BCUT2D eigenvalue weighted by molar-refractivity contribution is 1.04. The molecule has 1 heterocycles. The van der Waals surface area contributed by atoms with Gasteiger partial charge in [0.2, 0.25) is 0 Å². The van der Waals surface area contributed by atoms with E-state index in [2.05, 4.69) is 26.0 Å². The van der Waals surface area contributed by atoms with Crippen LogP contribution >= 0.6 is 23.2 Å². The molecule has 0 radical (unpaired) electrons. The Hall–Kier alpha value is -3.15. The number of aromatic nitrogens is 2. The molecule has 28 heavy (non-hydrogen) atoms. The van der Waals surface area contributed by atoms with Gasteiger partial charge in [-0.3, -0.25) is 5.43 Å². The highest BCUT2D eigenvalue weighted by atomic mass is 35.5. The molecule has 4 aromatic rings. The van der Waals surface area contributed by atoms with E-state index < -0.39 is 0 Å². The summed E-state index contributed by atoms with van der Waals surface area (Å²) in [5.41, 5.74) is 4.64. The van der Waals surface area contributed by atoms with Gasteiger partial charge >= 0.3 is 0 Å². The predicted octanol–water partition coefficient (Wildman–Crippen LogP) is 6.13. The van der Waals surface area contributed by atoms with E-state index in [0.717, 1.165) is 22.0 Å². The smallest absolute Gasteiger partial charge is 0.176 e. The molecule has 0 amide bonds. The van der Waals surface area contributed by atoms with Gasteiger partial charge in [0.05, 0.1) is 6.21 Å². The summed E-state index contributed by atoms with van der Waals surface area (Å²) in [6, 6.07) is 22.7. The third-order valence-electron chi connectivity index (χ3n) is 4.07. The Morgan fingerprint density at radius 2 is 1.39 bits per heavy atom. The van der Waals surface area contributed by atoms with Crippen LogP contribution in [0.4, 0.5) is 17.3 Å². The van der Waals surface area contributed by atoms with Crippen LogP contribution in [0.3, 0.4) is 0 Å². The third-order valence-corrected chi connectivity index (χ3v) is 4.67. The van der Waals surface area contributed by atoms with Gasteiger partial charge in [-0.05, 0) is 30.3 Å². The number of fused-ring (bicyclic) bond motifs is 1. The van der Waals surface area contributed by atoms with Crippen molar-refractivity contribution in [1.82, 2.24) is 10.2 Å². The van der Waals surface area contributed by atoms with Crippen molar-refractivity contribution < 1.29 is 0 Å². The molecule has 0 aliphatic heterocycles. The number of rotatable bonds is 5. The maximum Gasteiger partial charge on any atom is 0.176 e. The molecule has 0 unspecified atom stereocenters. The molecule has 0 saturated heterocycles. The summed E-state index contributed by atoms with van der Waals surface area (Å²) in [5, 5.41) is 19.2. The highest BCUT2D eigenvalue weighted by molar-refractivity contribution is 6.33. The van der Waals surface area contributed by atoms with E-state index in [-0.39, 0.29) is 0 Å². The van der Waals surface area contributed by atoms with Crippen LogP contribution in [-0.4, -0.2) is 16.4 Å². The van der Waals surface area contributed by atoms with Crippen LogP contribution in [0.25, 0.3) is 10.8 Å². The minimum Gasteiger partial charge on any atom is -0.338 e. The van der Waals surface area contributed by atoms with E-state index in [0.29, 0.717) is 21.7 Å². The number of hydrogen-bond donors (Lipinski definition) is 2. The van der Waals surface area contributed by atoms with Crippen LogP contribution in [0.2, 0.25) is 10.0 Å². The van der Waals surface area contributed by atoms with Crippen molar-refractivity contribution in [3.05, 3.63) is 88.4 Å². The number of halogens is 2. The van der Waals surface area contributed by atoms with E-state index in [1.54, 1.807) is 6.21 Å². The second-order valence-electron chi connectivity index (χ2n) is 5.97. The van der Waals surface area contributed by atoms with E-state index in [1.165, 1.54) is 0 Å². The topological polar surface area (TPSA) is 62.2 Å². The van der Waals surface area contributed by atoms with Crippen LogP contribution in [0.1, 0.15) is 5.56 Å². The molecular formula is C21H15Cl2N5. The average molecular weight is 408 g/mol. The number of anilines is 3. The van der Waals surface area contributed by atoms with Gasteiger partial charge in [0, 0.05) is 32.1 Å². The monoisotopic (exact) mass is 407 g/mol. The summed E-state index contributed by atoms with van der Waals surface area (Å²) in [7, 11) is 0. The highest BCUT2D eigenvalue weighted by Gasteiger charge is 2.09. The molecule has 0 aliphatic rings. The first-order chi connectivity index (χ1) is 13.7. The lowest BCUT2D eigenvalue weighted by atomic mass is 10.1. The minimum absolute atomic E-state index is 0.556. The van der Waals surface area contributed by atoms with E-state index in [9.17, 15) is 0 Å². The Bertz CT molecular complexity index is 1140. The lowest BCUT2D eigenvalue weighted by Crippen LogP contribution is -2.01. The average Bonchev–Trinajstić information content (AvgIpc) is 2.72. The van der Waals surface area contributed by atoms with Crippen LogP contribution in [0, 0.1) is 0 Å². The maximum absolute atomic E-state index is 6.15. The molecule has 2 N–H and O–H groups in total. The molecular weight excluding hydrogens is 393 g/mol. The second kappa shape index (κ2) is 8.25. The fourth-order valence-corrected chi connectivity index (χ4v) is 3.00. The van der Waals surface area contributed by atoms with Crippen LogP contribution < -0.4 is 10.7 Å². The standard InChI is InChI=1S/C21H15Cl2N5/c22-15-9-11-16(12-10-15)25-20-17-6-2-3-7-18(17)21(28-27-20)26-24-13-14-5-1-4-8-19(14)23/h1-13H,(H,25,27)(H,26,28)/b24-13+. The molecule has 0 aliphatic carbocycles. The maximum atomic E-state index is 6.15. The summed E-state index contributed by atoms with van der Waals surface area (Å²) < 4.78 is 0. The summed E-state index contributed by atoms with van der Waals surface area (Å²) in [5.74, 6) is 1.21. The van der Waals surface area contributed by atoms with Crippen molar-refractivity contribution in [3.8, 4) is 0 Å². The summed E-state index contributed by atoms with van der Waals surface area (Å²) in [6.07, 6.45) is 1.65. The Kier molecular flexibility index (Phi) is 5.37. The number of nitrogens with one attached hydrogen (secondary N) is 2. The van der Waals surface area contributed by atoms with Gasteiger partial charge in [0.1, 0.15) is 0 Å². The lowest BCUT2D eigenvalue weighted by Gasteiger charge is -2.10. The molecule has 3 aromatic carbocycles. The third kappa shape index (κ3) is 4.06. The quantitative estimate of drug-likeness (QED) is 0.308. The molecule has 7 heteroatoms. The Morgan fingerprint density at radius 3 is 2.14 bits per heavy atom. The van der Waals surface area contributed by atoms with E-state index >= 15 is 0 Å². The minimum atomic E-state index is 0.556. The van der Waals surface area contributed by atoms with Gasteiger partial charge in [-0.15, -0.1) is 10.2 Å². The zero-order chi connectivity index (χ0) is 19.3. The van der Waals surface area contributed by atoms with Gasteiger partial charge in [-0.25, -0.2) is 0 Å². The summed E-state index contributed by atoms with van der Waals surface area (Å²) in [6.45, 7) is 0. The zero-order valence-corrected chi connectivity index (χ0v) is 16.1. The van der Waals surface area contributed by atoms with Crippen molar-refractivity contribution in [2.45, 2.75) is 0 Å². The molecule has 0 spiro atoms.